The fourth-order valence-corrected chi connectivity index (χ4v) is 3.57. The number of carbonyl (C=O) groups is 2. The van der Waals surface area contributed by atoms with Crippen LogP contribution >= 0.6 is 0 Å². The van der Waals surface area contributed by atoms with Gasteiger partial charge in [-0.25, -0.2) is 9.59 Å². The Balaban J connectivity index is 1.56. The van der Waals surface area contributed by atoms with E-state index in [4.69, 9.17) is 4.74 Å². The molecule has 2 amide bonds. The number of fused-ring (bicyclic) bond motifs is 2. The predicted molar refractivity (Wildman–Crippen MR) is 89.8 cm³/mol. The van der Waals surface area contributed by atoms with Gasteiger partial charge < -0.3 is 15.0 Å². The van der Waals surface area contributed by atoms with E-state index in [0.29, 0.717) is 18.7 Å². The number of ether oxygens (including phenoxy) is 1. The Labute approximate surface area is 140 Å². The summed E-state index contributed by atoms with van der Waals surface area (Å²) in [6.07, 6.45) is 1.54. The third-order valence-corrected chi connectivity index (χ3v) is 4.69. The number of nitrogens with one attached hydrogen (secondary N) is 1. The highest BCUT2D eigenvalue weighted by Gasteiger charge is 2.48. The first-order chi connectivity index (χ1) is 11.7. The zero-order chi connectivity index (χ0) is 16.6. The largest absolute Gasteiger partial charge is 0.449 e. The van der Waals surface area contributed by atoms with E-state index in [2.05, 4.69) is 5.32 Å². The minimum Gasteiger partial charge on any atom is -0.449 e. The molecular weight excluding hydrogens is 304 g/mol. The van der Waals surface area contributed by atoms with E-state index in [0.717, 1.165) is 24.1 Å². The van der Waals surface area contributed by atoms with Crippen LogP contribution < -0.4 is 5.32 Å². The Morgan fingerprint density at radius 1 is 1.08 bits per heavy atom. The van der Waals surface area contributed by atoms with E-state index in [-0.39, 0.29) is 12.0 Å². The maximum Gasteiger partial charge on any atom is 0.339 e. The van der Waals surface area contributed by atoms with Gasteiger partial charge in [-0.1, -0.05) is 36.4 Å². The van der Waals surface area contributed by atoms with Crippen LogP contribution in [0, 0.1) is 0 Å². The number of urea groups is 1. The lowest BCUT2D eigenvalue weighted by Crippen LogP contribution is -2.50. The highest BCUT2D eigenvalue weighted by Crippen LogP contribution is 2.42. The van der Waals surface area contributed by atoms with Crippen LogP contribution in [0.1, 0.15) is 28.8 Å². The van der Waals surface area contributed by atoms with Crippen LogP contribution in [0.5, 0.6) is 0 Å². The summed E-state index contributed by atoms with van der Waals surface area (Å²) < 4.78 is 5.73. The van der Waals surface area contributed by atoms with Gasteiger partial charge in [0.05, 0.1) is 12.1 Å². The van der Waals surface area contributed by atoms with Gasteiger partial charge in [0.15, 0.2) is 5.60 Å². The van der Waals surface area contributed by atoms with E-state index in [1.807, 2.05) is 48.5 Å². The number of piperidine rings is 1. The summed E-state index contributed by atoms with van der Waals surface area (Å²) in [5, 5.41) is 2.90. The van der Waals surface area contributed by atoms with Crippen LogP contribution in [0.15, 0.2) is 54.6 Å². The first kappa shape index (κ1) is 14.8. The molecule has 122 valence electrons. The van der Waals surface area contributed by atoms with Gasteiger partial charge in [0.25, 0.3) is 0 Å². The molecule has 0 aliphatic carbocycles. The molecule has 5 nitrogen and oxygen atoms in total. The van der Waals surface area contributed by atoms with Crippen LogP contribution in [-0.4, -0.2) is 30.0 Å². The van der Waals surface area contributed by atoms with Gasteiger partial charge in [0.2, 0.25) is 0 Å². The summed E-state index contributed by atoms with van der Waals surface area (Å²) in [6, 6.07) is 16.7. The number of amides is 2. The molecule has 2 heterocycles. The smallest absolute Gasteiger partial charge is 0.339 e. The molecule has 0 aromatic heterocycles. The normalized spacial score (nSPS) is 22.2. The first-order valence-electron chi connectivity index (χ1n) is 8.12. The van der Waals surface area contributed by atoms with Gasteiger partial charge in [-0.05, 0) is 31.0 Å². The minimum atomic E-state index is -0.708. The second kappa shape index (κ2) is 5.67. The summed E-state index contributed by atoms with van der Waals surface area (Å²) in [6.45, 7) is 1.04. The summed E-state index contributed by atoms with van der Waals surface area (Å²) >= 11 is 0. The molecule has 2 aliphatic rings. The van der Waals surface area contributed by atoms with Crippen molar-refractivity contribution < 1.29 is 14.3 Å². The molecule has 0 saturated carbocycles. The zero-order valence-corrected chi connectivity index (χ0v) is 13.2. The number of anilines is 1. The number of para-hydroxylation sites is 1. The van der Waals surface area contributed by atoms with Crippen LogP contribution in [-0.2, 0) is 10.3 Å². The monoisotopic (exact) mass is 322 g/mol. The van der Waals surface area contributed by atoms with Gasteiger partial charge in [-0.2, -0.15) is 0 Å². The number of likely N-dealkylation sites (tertiary alicyclic amines) is 1. The fraction of sp³-hybridized carbons (Fsp3) is 0.263. The highest BCUT2D eigenvalue weighted by atomic mass is 16.6. The van der Waals surface area contributed by atoms with Gasteiger partial charge >= 0.3 is 12.0 Å². The van der Waals surface area contributed by atoms with Crippen molar-refractivity contribution in [1.82, 2.24) is 4.90 Å². The zero-order valence-electron chi connectivity index (χ0n) is 13.2. The molecule has 2 aliphatic heterocycles. The van der Waals surface area contributed by atoms with Gasteiger partial charge in [-0.15, -0.1) is 0 Å². The maximum atomic E-state index is 12.6. The van der Waals surface area contributed by atoms with E-state index in [9.17, 15) is 9.59 Å². The SMILES string of the molecule is O=C1OC2(CCCN(C(=O)Nc3ccccc3)C2)c2ccccc21. The number of rotatable bonds is 1. The van der Waals surface area contributed by atoms with Crippen molar-refractivity contribution in [2.24, 2.45) is 0 Å². The maximum absolute atomic E-state index is 12.6. The summed E-state index contributed by atoms with van der Waals surface area (Å²) in [7, 11) is 0. The van der Waals surface area contributed by atoms with Crippen LogP contribution in [0.4, 0.5) is 10.5 Å². The third kappa shape index (κ3) is 2.42. The topological polar surface area (TPSA) is 58.6 Å². The predicted octanol–water partition coefficient (Wildman–Crippen LogP) is 3.38. The lowest BCUT2D eigenvalue weighted by Gasteiger charge is -2.39. The molecule has 4 rings (SSSR count). The van der Waals surface area contributed by atoms with Crippen molar-refractivity contribution in [2.45, 2.75) is 18.4 Å². The van der Waals surface area contributed by atoms with Crippen molar-refractivity contribution >= 4 is 17.7 Å². The Hall–Kier alpha value is -2.82. The molecule has 24 heavy (non-hydrogen) atoms. The van der Waals surface area contributed by atoms with Crippen molar-refractivity contribution in [1.29, 1.82) is 0 Å². The first-order valence-corrected chi connectivity index (χ1v) is 8.12. The van der Waals surface area contributed by atoms with Crippen LogP contribution in [0.3, 0.4) is 0 Å². The van der Waals surface area contributed by atoms with Crippen LogP contribution in [0.2, 0.25) is 0 Å². The fourth-order valence-electron chi connectivity index (χ4n) is 3.57. The average molecular weight is 322 g/mol. The van der Waals surface area contributed by atoms with Crippen molar-refractivity contribution in [3.63, 3.8) is 0 Å². The van der Waals surface area contributed by atoms with Crippen molar-refractivity contribution in [2.75, 3.05) is 18.4 Å². The summed E-state index contributed by atoms with van der Waals surface area (Å²) in [4.78, 5) is 26.5. The summed E-state index contributed by atoms with van der Waals surface area (Å²) in [5.74, 6) is -0.295. The lowest BCUT2D eigenvalue weighted by molar-refractivity contribution is -0.0400. The Morgan fingerprint density at radius 2 is 1.83 bits per heavy atom. The molecule has 1 N–H and O–H groups in total. The molecule has 5 heteroatoms. The van der Waals surface area contributed by atoms with Gasteiger partial charge in [0, 0.05) is 17.8 Å². The van der Waals surface area contributed by atoms with Gasteiger partial charge in [0.1, 0.15) is 0 Å². The number of esters is 1. The van der Waals surface area contributed by atoms with E-state index >= 15 is 0 Å². The molecule has 1 saturated heterocycles. The quantitative estimate of drug-likeness (QED) is 0.819. The molecule has 2 aromatic carbocycles. The molecule has 1 unspecified atom stereocenters. The van der Waals surface area contributed by atoms with Crippen molar-refractivity contribution in [3.8, 4) is 0 Å². The lowest BCUT2D eigenvalue weighted by atomic mass is 9.85. The van der Waals surface area contributed by atoms with E-state index < -0.39 is 5.60 Å². The number of nitrogens with zero attached hydrogens (tertiary/aromatic N) is 1. The Bertz CT molecular complexity index is 790. The molecule has 2 aromatic rings. The third-order valence-electron chi connectivity index (χ3n) is 4.69. The van der Waals surface area contributed by atoms with Gasteiger partial charge in [-0.3, -0.25) is 0 Å². The molecule has 0 bridgehead atoms. The summed E-state index contributed by atoms with van der Waals surface area (Å²) in [5.41, 5.74) is 1.56. The van der Waals surface area contributed by atoms with Crippen molar-refractivity contribution in [3.05, 3.63) is 65.7 Å². The van der Waals surface area contributed by atoms with E-state index in [1.54, 1.807) is 11.0 Å². The molecule has 1 spiro atoms. The number of benzene rings is 2. The standard InChI is InChI=1S/C19H18N2O3/c22-17-15-9-4-5-10-16(15)19(24-17)11-6-12-21(13-19)18(23)20-14-7-2-1-3-8-14/h1-5,7-10H,6,11-13H2,(H,20,23). The second-order valence-electron chi connectivity index (χ2n) is 6.25. The molecule has 1 fully saturated rings. The molecule has 1 atom stereocenters. The molecule has 0 radical (unpaired) electrons. The number of carbonyl (C=O) groups excluding carboxylic acids is 2. The number of hydrogen-bond donors (Lipinski definition) is 1. The highest BCUT2D eigenvalue weighted by molar-refractivity contribution is 5.95. The number of hydrogen-bond acceptors (Lipinski definition) is 3. The Kier molecular flexibility index (Phi) is 3.49. The Morgan fingerprint density at radius 3 is 2.67 bits per heavy atom. The second-order valence-corrected chi connectivity index (χ2v) is 6.25. The molecular formula is C19H18N2O3. The van der Waals surface area contributed by atoms with Crippen LogP contribution in [0.25, 0.3) is 0 Å². The average Bonchev–Trinajstić information content (AvgIpc) is 2.88. The minimum absolute atomic E-state index is 0.166. The van der Waals surface area contributed by atoms with E-state index in [1.165, 1.54) is 0 Å².